The summed E-state index contributed by atoms with van der Waals surface area (Å²) >= 11 is 0. The summed E-state index contributed by atoms with van der Waals surface area (Å²) in [6, 6.07) is 18.0. The zero-order valence-corrected chi connectivity index (χ0v) is 11.9. The number of hydrogen-bond donors (Lipinski definition) is 0. The second-order valence-corrected chi connectivity index (χ2v) is 6.02. The number of fused-ring (bicyclic) bond motifs is 1. The second-order valence-electron chi connectivity index (χ2n) is 6.02. The van der Waals surface area contributed by atoms with Gasteiger partial charge in [0.15, 0.2) is 5.78 Å². The molecule has 100 valence electrons. The van der Waals surface area contributed by atoms with E-state index in [2.05, 4.69) is 19.9 Å². The second kappa shape index (κ2) is 4.75. The average molecular weight is 262 g/mol. The minimum absolute atomic E-state index is 0.00508. The zero-order chi connectivity index (χ0) is 14.2. The molecule has 1 aliphatic carbocycles. The maximum absolute atomic E-state index is 12.6. The van der Waals surface area contributed by atoms with Crippen LogP contribution in [0.1, 0.15) is 41.8 Å². The fraction of sp³-hybridized carbons (Fsp3) is 0.211. The fourth-order valence-corrected chi connectivity index (χ4v) is 2.96. The molecule has 0 amide bonds. The van der Waals surface area contributed by atoms with E-state index in [-0.39, 0.29) is 11.2 Å². The van der Waals surface area contributed by atoms with Crippen LogP contribution in [0.2, 0.25) is 0 Å². The minimum atomic E-state index is 0.00508. The van der Waals surface area contributed by atoms with Gasteiger partial charge in [0.2, 0.25) is 0 Å². The highest BCUT2D eigenvalue weighted by atomic mass is 16.1. The van der Waals surface area contributed by atoms with Gasteiger partial charge in [0.25, 0.3) is 0 Å². The lowest BCUT2D eigenvalue weighted by molar-refractivity contribution is 0.101. The van der Waals surface area contributed by atoms with E-state index in [1.807, 2.05) is 54.6 Å². The lowest BCUT2D eigenvalue weighted by atomic mass is 9.70. The molecule has 2 aromatic rings. The summed E-state index contributed by atoms with van der Waals surface area (Å²) in [4.78, 5) is 12.6. The first-order valence-electron chi connectivity index (χ1n) is 6.98. The van der Waals surface area contributed by atoms with Crippen molar-refractivity contribution in [1.82, 2.24) is 0 Å². The Morgan fingerprint density at radius 1 is 0.950 bits per heavy atom. The first-order valence-corrected chi connectivity index (χ1v) is 6.98. The van der Waals surface area contributed by atoms with Crippen LogP contribution in [0.25, 0.3) is 6.08 Å². The lowest BCUT2D eigenvalue weighted by Crippen LogP contribution is -2.29. The molecule has 2 aromatic carbocycles. The van der Waals surface area contributed by atoms with Crippen LogP contribution in [-0.4, -0.2) is 5.78 Å². The maximum atomic E-state index is 12.6. The van der Waals surface area contributed by atoms with Gasteiger partial charge in [0.1, 0.15) is 0 Å². The molecule has 0 spiro atoms. The summed E-state index contributed by atoms with van der Waals surface area (Å²) in [5.74, 6) is 0.170. The molecular formula is C19H18O. The average Bonchev–Trinajstić information content (AvgIpc) is 2.46. The van der Waals surface area contributed by atoms with Crippen molar-refractivity contribution < 1.29 is 4.79 Å². The van der Waals surface area contributed by atoms with Gasteiger partial charge in [-0.25, -0.2) is 0 Å². The molecule has 1 nitrogen and oxygen atoms in total. The van der Waals surface area contributed by atoms with Crippen molar-refractivity contribution in [2.75, 3.05) is 0 Å². The van der Waals surface area contributed by atoms with Gasteiger partial charge in [-0.15, -0.1) is 0 Å². The van der Waals surface area contributed by atoms with Crippen LogP contribution in [0.4, 0.5) is 0 Å². The molecule has 0 unspecified atom stereocenters. The molecule has 0 aromatic heterocycles. The van der Waals surface area contributed by atoms with E-state index in [0.29, 0.717) is 0 Å². The van der Waals surface area contributed by atoms with Crippen molar-refractivity contribution in [3.63, 3.8) is 0 Å². The number of benzene rings is 2. The molecule has 0 N–H and O–H groups in total. The number of allylic oxidation sites excluding steroid dienone is 1. The third kappa shape index (κ3) is 2.20. The van der Waals surface area contributed by atoms with E-state index in [1.165, 1.54) is 0 Å². The molecule has 1 aliphatic rings. The molecule has 0 saturated carbocycles. The Labute approximate surface area is 120 Å². The van der Waals surface area contributed by atoms with Gasteiger partial charge in [-0.05, 0) is 29.0 Å². The zero-order valence-electron chi connectivity index (χ0n) is 11.9. The number of ketones is 1. The molecule has 0 fully saturated rings. The first-order chi connectivity index (χ1) is 9.58. The normalized spacial score (nSPS) is 18.9. The largest absolute Gasteiger partial charge is 0.289 e. The van der Waals surface area contributed by atoms with Crippen molar-refractivity contribution >= 4 is 11.9 Å². The molecule has 0 heterocycles. The predicted octanol–water partition coefficient (Wildman–Crippen LogP) is 4.63. The van der Waals surface area contributed by atoms with Crippen LogP contribution in [0.5, 0.6) is 0 Å². The smallest absolute Gasteiger partial charge is 0.189 e. The Balaban J connectivity index is 2.09. The van der Waals surface area contributed by atoms with Crippen LogP contribution in [0.15, 0.2) is 60.2 Å². The van der Waals surface area contributed by atoms with Crippen LogP contribution in [0, 0.1) is 0 Å². The molecule has 0 aliphatic heterocycles. The monoisotopic (exact) mass is 262 g/mol. The van der Waals surface area contributed by atoms with Crippen LogP contribution in [-0.2, 0) is 5.41 Å². The molecule has 3 rings (SSSR count). The molecule has 1 heteroatoms. The van der Waals surface area contributed by atoms with Gasteiger partial charge in [-0.1, -0.05) is 68.4 Å². The van der Waals surface area contributed by atoms with Gasteiger partial charge in [0.05, 0.1) is 0 Å². The predicted molar refractivity (Wildman–Crippen MR) is 82.8 cm³/mol. The molecule has 0 bridgehead atoms. The Hall–Kier alpha value is -2.15. The third-order valence-corrected chi connectivity index (χ3v) is 3.97. The molecule has 0 radical (unpaired) electrons. The fourth-order valence-electron chi connectivity index (χ4n) is 2.96. The number of carbonyl (C=O) groups is 1. The highest BCUT2D eigenvalue weighted by molar-refractivity contribution is 6.13. The minimum Gasteiger partial charge on any atom is -0.289 e. The maximum Gasteiger partial charge on any atom is 0.189 e. The first kappa shape index (κ1) is 12.9. The topological polar surface area (TPSA) is 17.1 Å². The molecule has 0 atom stereocenters. The number of carbonyl (C=O) groups excluding carboxylic acids is 1. The molecule has 20 heavy (non-hydrogen) atoms. The molecular weight excluding hydrogens is 244 g/mol. The van der Waals surface area contributed by atoms with E-state index >= 15 is 0 Å². The van der Waals surface area contributed by atoms with E-state index < -0.39 is 0 Å². The summed E-state index contributed by atoms with van der Waals surface area (Å²) in [5, 5.41) is 0. The number of Topliss-reactive ketones (excluding diaryl/α,β-unsaturated/α-hetero) is 1. The van der Waals surface area contributed by atoms with Crippen molar-refractivity contribution in [3.8, 4) is 0 Å². The van der Waals surface area contributed by atoms with Gasteiger partial charge in [-0.3, -0.25) is 4.79 Å². The highest BCUT2D eigenvalue weighted by Gasteiger charge is 2.34. The van der Waals surface area contributed by atoms with Gasteiger partial charge in [0, 0.05) is 11.1 Å². The van der Waals surface area contributed by atoms with Crippen molar-refractivity contribution in [2.45, 2.75) is 25.7 Å². The van der Waals surface area contributed by atoms with Crippen LogP contribution >= 0.6 is 0 Å². The summed E-state index contributed by atoms with van der Waals surface area (Å²) in [7, 11) is 0. The van der Waals surface area contributed by atoms with E-state index in [9.17, 15) is 4.79 Å². The Bertz CT molecular complexity index is 678. The van der Waals surface area contributed by atoms with E-state index in [4.69, 9.17) is 0 Å². The SMILES string of the molecule is CC1(C)CC(=Cc2ccccc2)C(=O)c2ccccc21. The highest BCUT2D eigenvalue weighted by Crippen LogP contribution is 2.39. The Kier molecular flexibility index (Phi) is 3.06. The van der Waals surface area contributed by atoms with Crippen molar-refractivity contribution in [1.29, 1.82) is 0 Å². The Morgan fingerprint density at radius 3 is 2.35 bits per heavy atom. The van der Waals surface area contributed by atoms with Gasteiger partial charge < -0.3 is 0 Å². The lowest BCUT2D eigenvalue weighted by Gasteiger charge is -2.33. The summed E-state index contributed by atoms with van der Waals surface area (Å²) in [5.41, 5.74) is 4.01. The van der Waals surface area contributed by atoms with Crippen molar-refractivity contribution in [2.24, 2.45) is 0 Å². The summed E-state index contributed by atoms with van der Waals surface area (Å²) < 4.78 is 0. The van der Waals surface area contributed by atoms with Gasteiger partial charge >= 0.3 is 0 Å². The number of hydrogen-bond acceptors (Lipinski definition) is 1. The number of rotatable bonds is 1. The Morgan fingerprint density at radius 2 is 1.60 bits per heavy atom. The summed E-state index contributed by atoms with van der Waals surface area (Å²) in [6.07, 6.45) is 2.82. The van der Waals surface area contributed by atoms with Crippen molar-refractivity contribution in [3.05, 3.63) is 76.9 Å². The van der Waals surface area contributed by atoms with Crippen LogP contribution < -0.4 is 0 Å². The van der Waals surface area contributed by atoms with Crippen LogP contribution in [0.3, 0.4) is 0 Å². The quantitative estimate of drug-likeness (QED) is 0.684. The molecule has 0 saturated heterocycles. The third-order valence-electron chi connectivity index (χ3n) is 3.97. The van der Waals surface area contributed by atoms with E-state index in [0.717, 1.165) is 28.7 Å². The van der Waals surface area contributed by atoms with Gasteiger partial charge in [-0.2, -0.15) is 0 Å². The van der Waals surface area contributed by atoms with E-state index in [1.54, 1.807) is 0 Å². The standard InChI is InChI=1S/C19H18O/c1-19(2)13-15(12-14-8-4-3-5-9-14)18(20)16-10-6-7-11-17(16)19/h3-12H,13H2,1-2H3. The summed E-state index contributed by atoms with van der Waals surface area (Å²) in [6.45, 7) is 4.41.